The van der Waals surface area contributed by atoms with Crippen molar-refractivity contribution in [1.29, 1.82) is 0 Å². The molecule has 2 aliphatic rings. The summed E-state index contributed by atoms with van der Waals surface area (Å²) in [5, 5.41) is 2.19. The van der Waals surface area contributed by atoms with E-state index in [-0.39, 0.29) is 6.54 Å². The van der Waals surface area contributed by atoms with Crippen LogP contribution in [0.15, 0.2) is 0 Å². The summed E-state index contributed by atoms with van der Waals surface area (Å²) in [6.07, 6.45) is -4.49. The van der Waals surface area contributed by atoms with E-state index >= 15 is 0 Å². The quantitative estimate of drug-likeness (QED) is 0.575. The van der Waals surface area contributed by atoms with Gasteiger partial charge < -0.3 is 5.32 Å². The van der Waals surface area contributed by atoms with Crippen molar-refractivity contribution >= 4 is 11.8 Å². The lowest BCUT2D eigenvalue weighted by atomic mass is 9.93. The van der Waals surface area contributed by atoms with Crippen LogP contribution in [-0.4, -0.2) is 42.5 Å². The molecule has 0 aromatic rings. The van der Waals surface area contributed by atoms with E-state index in [4.69, 9.17) is 0 Å². The second kappa shape index (κ2) is 2.94. The molecule has 84 valence electrons. The van der Waals surface area contributed by atoms with Gasteiger partial charge in [0, 0.05) is 13.6 Å². The molecule has 2 amide bonds. The standard InChI is InChI=1S/C8H9F3N2O2/c1-13-6(14)3-2-12-5(8(9,10)11)4(3)7(13)15/h3-5,12H,2H2,1H3/t3-,4-,5+/m1/s1. The molecule has 0 saturated carbocycles. The Labute approximate surface area is 83.4 Å². The van der Waals surface area contributed by atoms with E-state index in [1.165, 1.54) is 7.05 Å². The molecule has 0 aromatic heterocycles. The van der Waals surface area contributed by atoms with E-state index in [0.717, 1.165) is 4.90 Å². The molecule has 15 heavy (non-hydrogen) atoms. The van der Waals surface area contributed by atoms with E-state index in [2.05, 4.69) is 5.32 Å². The Hall–Kier alpha value is -1.11. The summed E-state index contributed by atoms with van der Waals surface area (Å²) in [6, 6.07) is -1.89. The number of amides is 2. The molecular formula is C8H9F3N2O2. The smallest absolute Gasteiger partial charge is 0.305 e. The number of nitrogens with one attached hydrogen (secondary N) is 1. The van der Waals surface area contributed by atoms with E-state index in [0.29, 0.717) is 0 Å². The molecule has 2 heterocycles. The highest BCUT2D eigenvalue weighted by Crippen LogP contribution is 2.39. The first kappa shape index (κ1) is 10.4. The lowest BCUT2D eigenvalue weighted by Gasteiger charge is -2.20. The summed E-state index contributed by atoms with van der Waals surface area (Å²) < 4.78 is 37.4. The van der Waals surface area contributed by atoms with Crippen molar-refractivity contribution in [1.82, 2.24) is 10.2 Å². The van der Waals surface area contributed by atoms with Crippen molar-refractivity contribution in [2.24, 2.45) is 11.8 Å². The van der Waals surface area contributed by atoms with Gasteiger partial charge in [-0.25, -0.2) is 0 Å². The van der Waals surface area contributed by atoms with Gasteiger partial charge in [-0.1, -0.05) is 0 Å². The third-order valence-electron chi connectivity index (χ3n) is 2.97. The van der Waals surface area contributed by atoms with Gasteiger partial charge in [0.25, 0.3) is 0 Å². The number of hydrogen-bond acceptors (Lipinski definition) is 3. The fraction of sp³-hybridized carbons (Fsp3) is 0.750. The molecule has 2 fully saturated rings. The van der Waals surface area contributed by atoms with Crippen molar-refractivity contribution in [3.8, 4) is 0 Å². The van der Waals surface area contributed by atoms with Gasteiger partial charge in [-0.3, -0.25) is 14.5 Å². The molecule has 0 bridgehead atoms. The van der Waals surface area contributed by atoms with Crippen LogP contribution in [0.5, 0.6) is 0 Å². The Morgan fingerprint density at radius 2 is 1.93 bits per heavy atom. The van der Waals surface area contributed by atoms with Crippen molar-refractivity contribution < 1.29 is 22.8 Å². The number of alkyl halides is 3. The fourth-order valence-electron chi connectivity index (χ4n) is 2.20. The highest BCUT2D eigenvalue weighted by molar-refractivity contribution is 6.05. The first-order chi connectivity index (χ1) is 6.84. The second-order valence-electron chi connectivity index (χ2n) is 3.80. The topological polar surface area (TPSA) is 49.4 Å². The van der Waals surface area contributed by atoms with Gasteiger partial charge in [-0.05, 0) is 0 Å². The average Bonchev–Trinajstić information content (AvgIpc) is 2.63. The predicted molar refractivity (Wildman–Crippen MR) is 42.6 cm³/mol. The zero-order valence-electron chi connectivity index (χ0n) is 7.84. The summed E-state index contributed by atoms with van der Waals surface area (Å²) in [5.74, 6) is -3.39. The highest BCUT2D eigenvalue weighted by atomic mass is 19.4. The predicted octanol–water partition coefficient (Wildman–Crippen LogP) is -0.249. The van der Waals surface area contributed by atoms with Crippen LogP contribution in [0.3, 0.4) is 0 Å². The first-order valence-corrected chi connectivity index (χ1v) is 4.45. The summed E-state index contributed by atoms with van der Waals surface area (Å²) >= 11 is 0. The van der Waals surface area contributed by atoms with Crippen LogP contribution in [0.4, 0.5) is 13.2 Å². The third-order valence-corrected chi connectivity index (χ3v) is 2.97. The lowest BCUT2D eigenvalue weighted by molar-refractivity contribution is -0.167. The van der Waals surface area contributed by atoms with Crippen molar-refractivity contribution in [2.45, 2.75) is 12.2 Å². The van der Waals surface area contributed by atoms with Gasteiger partial charge in [0.1, 0.15) is 6.04 Å². The monoisotopic (exact) mass is 222 g/mol. The van der Waals surface area contributed by atoms with Crippen LogP contribution < -0.4 is 5.32 Å². The van der Waals surface area contributed by atoms with Crippen LogP contribution in [0.25, 0.3) is 0 Å². The molecule has 2 aliphatic heterocycles. The summed E-state index contributed by atoms with van der Waals surface area (Å²) in [4.78, 5) is 23.6. The average molecular weight is 222 g/mol. The Morgan fingerprint density at radius 3 is 2.47 bits per heavy atom. The molecule has 2 rings (SSSR count). The molecule has 0 aromatic carbocycles. The Balaban J connectivity index is 2.31. The van der Waals surface area contributed by atoms with Gasteiger partial charge in [0.15, 0.2) is 0 Å². The molecule has 1 N–H and O–H groups in total. The van der Waals surface area contributed by atoms with Crippen LogP contribution in [-0.2, 0) is 9.59 Å². The molecule has 0 spiro atoms. The summed E-state index contributed by atoms with van der Waals surface area (Å²) in [7, 11) is 1.22. The number of rotatable bonds is 0. The normalized spacial score (nSPS) is 36.3. The second-order valence-corrected chi connectivity index (χ2v) is 3.80. The molecule has 7 heteroatoms. The largest absolute Gasteiger partial charge is 0.404 e. The number of fused-ring (bicyclic) bond motifs is 1. The number of halogens is 3. The van der Waals surface area contributed by atoms with Crippen molar-refractivity contribution in [2.75, 3.05) is 13.6 Å². The van der Waals surface area contributed by atoms with E-state index in [9.17, 15) is 22.8 Å². The lowest BCUT2D eigenvalue weighted by Crippen LogP contribution is -2.45. The number of imide groups is 1. The molecule has 4 nitrogen and oxygen atoms in total. The minimum atomic E-state index is -4.49. The number of carbonyl (C=O) groups is 2. The highest BCUT2D eigenvalue weighted by Gasteiger charge is 2.60. The number of nitrogens with zero attached hydrogens (tertiary/aromatic N) is 1. The van der Waals surface area contributed by atoms with E-state index < -0.39 is 35.9 Å². The van der Waals surface area contributed by atoms with Gasteiger partial charge >= 0.3 is 6.18 Å². The number of carbonyl (C=O) groups excluding carboxylic acids is 2. The molecule has 0 aliphatic carbocycles. The first-order valence-electron chi connectivity index (χ1n) is 4.45. The van der Waals surface area contributed by atoms with E-state index in [1.807, 2.05) is 0 Å². The third kappa shape index (κ3) is 1.33. The van der Waals surface area contributed by atoms with Crippen LogP contribution in [0, 0.1) is 11.8 Å². The molecule has 2 saturated heterocycles. The van der Waals surface area contributed by atoms with Gasteiger partial charge in [0.2, 0.25) is 11.8 Å². The van der Waals surface area contributed by atoms with Crippen molar-refractivity contribution in [3.05, 3.63) is 0 Å². The maximum Gasteiger partial charge on any atom is 0.404 e. The molecule has 0 radical (unpaired) electrons. The maximum absolute atomic E-state index is 12.5. The molecule has 3 atom stereocenters. The van der Waals surface area contributed by atoms with Gasteiger partial charge in [0.05, 0.1) is 11.8 Å². The fourth-order valence-corrected chi connectivity index (χ4v) is 2.20. The Morgan fingerprint density at radius 1 is 1.33 bits per heavy atom. The SMILES string of the molecule is CN1C(=O)[C@@H]2[C@@H](CN[C@@H]2C(F)(F)F)C1=O. The molecule has 0 unspecified atom stereocenters. The van der Waals surface area contributed by atoms with Crippen LogP contribution >= 0.6 is 0 Å². The molecular weight excluding hydrogens is 213 g/mol. The summed E-state index contributed by atoms with van der Waals surface area (Å²) in [5.41, 5.74) is 0. The zero-order valence-corrected chi connectivity index (χ0v) is 7.84. The Bertz CT molecular complexity index is 328. The van der Waals surface area contributed by atoms with Gasteiger partial charge in [-0.2, -0.15) is 13.2 Å². The van der Waals surface area contributed by atoms with Crippen LogP contribution in [0.2, 0.25) is 0 Å². The summed E-state index contributed by atoms with van der Waals surface area (Å²) in [6.45, 7) is -0.0796. The van der Waals surface area contributed by atoms with E-state index in [1.54, 1.807) is 0 Å². The van der Waals surface area contributed by atoms with Crippen LogP contribution in [0.1, 0.15) is 0 Å². The number of likely N-dealkylation sites (tertiary alicyclic amines) is 1. The van der Waals surface area contributed by atoms with Crippen molar-refractivity contribution in [3.63, 3.8) is 0 Å². The van der Waals surface area contributed by atoms with Gasteiger partial charge in [-0.15, -0.1) is 0 Å². The number of hydrogen-bond donors (Lipinski definition) is 1. The maximum atomic E-state index is 12.5. The Kier molecular flexibility index (Phi) is 2.04. The minimum absolute atomic E-state index is 0.0796. The zero-order chi connectivity index (χ0) is 11.4. The minimum Gasteiger partial charge on any atom is -0.305 e.